The lowest BCUT2D eigenvalue weighted by Gasteiger charge is -2.14. The summed E-state index contributed by atoms with van der Waals surface area (Å²) in [5, 5.41) is 2.86. The van der Waals surface area contributed by atoms with Crippen LogP contribution in [-0.4, -0.2) is 31.3 Å². The van der Waals surface area contributed by atoms with Gasteiger partial charge < -0.3 is 14.8 Å². The molecule has 0 bridgehead atoms. The van der Waals surface area contributed by atoms with Crippen LogP contribution in [0.5, 0.6) is 5.75 Å². The van der Waals surface area contributed by atoms with Gasteiger partial charge in [-0.2, -0.15) is 0 Å². The summed E-state index contributed by atoms with van der Waals surface area (Å²) in [5.74, 6) is 0.660. The van der Waals surface area contributed by atoms with Crippen molar-refractivity contribution in [3.63, 3.8) is 0 Å². The Morgan fingerprint density at radius 3 is 2.95 bits per heavy atom. The SMILES string of the molecule is CC(C)NC(=O)c1ccc(OC[C@@H]2CCCO2)c(Br)c1. The fraction of sp³-hybridized carbons (Fsp3) is 0.533. The van der Waals surface area contributed by atoms with E-state index in [4.69, 9.17) is 9.47 Å². The molecule has 1 fully saturated rings. The highest BCUT2D eigenvalue weighted by molar-refractivity contribution is 9.10. The number of carbonyl (C=O) groups excluding carboxylic acids is 1. The highest BCUT2D eigenvalue weighted by atomic mass is 79.9. The summed E-state index contributed by atoms with van der Waals surface area (Å²) in [5.41, 5.74) is 0.620. The Kier molecular flexibility index (Phi) is 5.43. The van der Waals surface area contributed by atoms with E-state index in [9.17, 15) is 4.79 Å². The van der Waals surface area contributed by atoms with Gasteiger partial charge in [-0.25, -0.2) is 0 Å². The Labute approximate surface area is 128 Å². The molecule has 1 heterocycles. The van der Waals surface area contributed by atoms with E-state index >= 15 is 0 Å². The summed E-state index contributed by atoms with van der Waals surface area (Å²) in [6, 6.07) is 5.49. The Morgan fingerprint density at radius 2 is 2.35 bits per heavy atom. The van der Waals surface area contributed by atoms with E-state index in [1.54, 1.807) is 12.1 Å². The molecular weight excluding hydrogens is 322 g/mol. The Morgan fingerprint density at radius 1 is 1.55 bits per heavy atom. The highest BCUT2D eigenvalue weighted by Gasteiger charge is 2.17. The molecule has 0 unspecified atom stereocenters. The van der Waals surface area contributed by atoms with Crippen molar-refractivity contribution < 1.29 is 14.3 Å². The Hall–Kier alpha value is -1.07. The van der Waals surface area contributed by atoms with E-state index in [-0.39, 0.29) is 18.1 Å². The maximum absolute atomic E-state index is 11.9. The van der Waals surface area contributed by atoms with Gasteiger partial charge in [0, 0.05) is 18.2 Å². The first kappa shape index (κ1) is 15.3. The van der Waals surface area contributed by atoms with Gasteiger partial charge in [0.15, 0.2) is 0 Å². The zero-order valence-corrected chi connectivity index (χ0v) is 13.4. The summed E-state index contributed by atoms with van der Waals surface area (Å²) in [7, 11) is 0. The van der Waals surface area contributed by atoms with Crippen molar-refractivity contribution in [1.29, 1.82) is 0 Å². The van der Waals surface area contributed by atoms with Gasteiger partial charge in [-0.15, -0.1) is 0 Å². The molecule has 1 aliphatic heterocycles. The molecule has 1 amide bonds. The number of nitrogens with one attached hydrogen (secondary N) is 1. The summed E-state index contributed by atoms with van der Waals surface area (Å²) >= 11 is 3.45. The molecule has 20 heavy (non-hydrogen) atoms. The first-order valence-corrected chi connectivity index (χ1v) is 7.70. The molecule has 1 aromatic rings. The fourth-order valence-corrected chi connectivity index (χ4v) is 2.56. The fourth-order valence-electron chi connectivity index (χ4n) is 2.06. The molecule has 1 atom stereocenters. The van der Waals surface area contributed by atoms with Crippen LogP contribution in [0.3, 0.4) is 0 Å². The minimum Gasteiger partial charge on any atom is -0.490 e. The van der Waals surface area contributed by atoms with Crippen molar-refractivity contribution >= 4 is 21.8 Å². The largest absolute Gasteiger partial charge is 0.490 e. The van der Waals surface area contributed by atoms with E-state index in [1.807, 2.05) is 19.9 Å². The van der Waals surface area contributed by atoms with Crippen molar-refractivity contribution in [1.82, 2.24) is 5.32 Å². The number of ether oxygens (including phenoxy) is 2. The molecule has 110 valence electrons. The quantitative estimate of drug-likeness (QED) is 0.894. The predicted octanol–water partition coefficient (Wildman–Crippen LogP) is 3.15. The minimum absolute atomic E-state index is 0.0774. The summed E-state index contributed by atoms with van der Waals surface area (Å²) in [6.45, 7) is 5.25. The zero-order valence-electron chi connectivity index (χ0n) is 11.8. The molecule has 0 saturated carbocycles. The van der Waals surface area contributed by atoms with Crippen molar-refractivity contribution in [2.75, 3.05) is 13.2 Å². The number of amides is 1. The predicted molar refractivity (Wildman–Crippen MR) is 81.2 cm³/mol. The van der Waals surface area contributed by atoms with Crippen LogP contribution in [0.4, 0.5) is 0 Å². The molecular formula is C15H20BrNO3. The number of benzene rings is 1. The van der Waals surface area contributed by atoms with E-state index in [0.29, 0.717) is 12.2 Å². The van der Waals surface area contributed by atoms with E-state index in [0.717, 1.165) is 29.7 Å². The first-order chi connectivity index (χ1) is 9.56. The summed E-state index contributed by atoms with van der Waals surface area (Å²) in [6.07, 6.45) is 2.33. The molecule has 1 saturated heterocycles. The number of hydrogen-bond donors (Lipinski definition) is 1. The van der Waals surface area contributed by atoms with Crippen LogP contribution in [0.1, 0.15) is 37.0 Å². The standard InChI is InChI=1S/C15H20BrNO3/c1-10(2)17-15(18)11-5-6-14(13(16)8-11)20-9-12-4-3-7-19-12/h5-6,8,10,12H,3-4,7,9H2,1-2H3,(H,17,18)/t12-/m0/s1. The molecule has 1 aliphatic rings. The van der Waals surface area contributed by atoms with Crippen molar-refractivity contribution in [2.45, 2.75) is 38.8 Å². The van der Waals surface area contributed by atoms with E-state index in [1.165, 1.54) is 0 Å². The maximum Gasteiger partial charge on any atom is 0.251 e. The number of hydrogen-bond acceptors (Lipinski definition) is 3. The van der Waals surface area contributed by atoms with Gasteiger partial charge in [-0.1, -0.05) is 0 Å². The first-order valence-electron chi connectivity index (χ1n) is 6.91. The third-order valence-corrected chi connectivity index (χ3v) is 3.68. The summed E-state index contributed by atoms with van der Waals surface area (Å²) in [4.78, 5) is 11.9. The second kappa shape index (κ2) is 7.09. The van der Waals surface area contributed by atoms with Crippen molar-refractivity contribution in [3.8, 4) is 5.75 Å². The van der Waals surface area contributed by atoms with Gasteiger partial charge in [0.2, 0.25) is 0 Å². The molecule has 1 N–H and O–H groups in total. The Balaban J connectivity index is 1.96. The topological polar surface area (TPSA) is 47.6 Å². The van der Waals surface area contributed by atoms with Gasteiger partial charge in [0.25, 0.3) is 5.91 Å². The molecule has 4 nitrogen and oxygen atoms in total. The number of halogens is 1. The van der Waals surface area contributed by atoms with Crippen LogP contribution < -0.4 is 10.1 Å². The smallest absolute Gasteiger partial charge is 0.251 e. The molecule has 0 radical (unpaired) electrons. The van der Waals surface area contributed by atoms with Gasteiger partial charge in [-0.05, 0) is 60.8 Å². The molecule has 0 aromatic heterocycles. The number of rotatable bonds is 5. The van der Waals surface area contributed by atoms with Crippen LogP contribution in [0, 0.1) is 0 Å². The van der Waals surface area contributed by atoms with Crippen LogP contribution in [0.2, 0.25) is 0 Å². The average molecular weight is 342 g/mol. The second-order valence-corrected chi connectivity index (χ2v) is 6.07. The molecule has 2 rings (SSSR count). The van der Waals surface area contributed by atoms with Crippen LogP contribution in [-0.2, 0) is 4.74 Å². The minimum atomic E-state index is -0.0774. The Bertz CT molecular complexity index is 470. The van der Waals surface area contributed by atoms with Gasteiger partial charge in [0.05, 0.1) is 10.6 Å². The van der Waals surface area contributed by atoms with E-state index in [2.05, 4.69) is 21.2 Å². The average Bonchev–Trinajstić information content (AvgIpc) is 2.89. The van der Waals surface area contributed by atoms with Crippen molar-refractivity contribution in [2.24, 2.45) is 0 Å². The maximum atomic E-state index is 11.9. The molecule has 0 aliphatic carbocycles. The molecule has 5 heteroatoms. The lowest BCUT2D eigenvalue weighted by Crippen LogP contribution is -2.30. The van der Waals surface area contributed by atoms with Gasteiger partial charge in [-0.3, -0.25) is 4.79 Å². The lowest BCUT2D eigenvalue weighted by atomic mass is 10.2. The molecule has 0 spiro atoms. The van der Waals surface area contributed by atoms with Crippen LogP contribution in [0.25, 0.3) is 0 Å². The third kappa shape index (κ3) is 4.21. The van der Waals surface area contributed by atoms with Gasteiger partial charge in [0.1, 0.15) is 12.4 Å². The van der Waals surface area contributed by atoms with E-state index < -0.39 is 0 Å². The summed E-state index contributed by atoms with van der Waals surface area (Å²) < 4.78 is 12.0. The van der Waals surface area contributed by atoms with Crippen LogP contribution >= 0.6 is 15.9 Å². The normalized spacial score (nSPS) is 18.3. The monoisotopic (exact) mass is 341 g/mol. The highest BCUT2D eigenvalue weighted by Crippen LogP contribution is 2.27. The third-order valence-electron chi connectivity index (χ3n) is 3.06. The van der Waals surface area contributed by atoms with Crippen LogP contribution in [0.15, 0.2) is 22.7 Å². The lowest BCUT2D eigenvalue weighted by molar-refractivity contribution is 0.0677. The second-order valence-electron chi connectivity index (χ2n) is 5.22. The van der Waals surface area contributed by atoms with Gasteiger partial charge >= 0.3 is 0 Å². The molecule has 1 aromatic carbocycles. The number of carbonyl (C=O) groups is 1. The zero-order chi connectivity index (χ0) is 14.5. The van der Waals surface area contributed by atoms with Crippen molar-refractivity contribution in [3.05, 3.63) is 28.2 Å².